The van der Waals surface area contributed by atoms with E-state index in [9.17, 15) is 5.11 Å². The van der Waals surface area contributed by atoms with Crippen molar-refractivity contribution in [3.05, 3.63) is 35.9 Å². The first-order chi connectivity index (χ1) is 8.57. The van der Waals surface area contributed by atoms with Crippen molar-refractivity contribution >= 4 is 0 Å². The van der Waals surface area contributed by atoms with Gasteiger partial charge in [0.05, 0.1) is 6.61 Å². The number of benzene rings is 1. The van der Waals surface area contributed by atoms with Crippen LogP contribution in [0.1, 0.15) is 39.7 Å². The van der Waals surface area contributed by atoms with Crippen molar-refractivity contribution < 1.29 is 5.11 Å². The summed E-state index contributed by atoms with van der Waals surface area (Å²) in [6, 6.07) is 10.9. The van der Waals surface area contributed by atoms with Gasteiger partial charge < -0.3 is 5.11 Å². The van der Waals surface area contributed by atoms with E-state index in [0.717, 1.165) is 19.5 Å². The molecule has 0 amide bonds. The van der Waals surface area contributed by atoms with Gasteiger partial charge in [-0.15, -0.1) is 0 Å². The van der Waals surface area contributed by atoms with Crippen LogP contribution in [0.5, 0.6) is 0 Å². The van der Waals surface area contributed by atoms with Gasteiger partial charge in [-0.05, 0) is 25.5 Å². The van der Waals surface area contributed by atoms with E-state index in [1.807, 2.05) is 18.2 Å². The van der Waals surface area contributed by atoms with E-state index >= 15 is 0 Å². The highest BCUT2D eigenvalue weighted by Crippen LogP contribution is 2.25. The van der Waals surface area contributed by atoms with Gasteiger partial charge >= 0.3 is 0 Å². The van der Waals surface area contributed by atoms with Crippen molar-refractivity contribution in [3.8, 4) is 0 Å². The van der Waals surface area contributed by atoms with E-state index in [4.69, 9.17) is 0 Å². The van der Waals surface area contributed by atoms with Crippen LogP contribution in [0.4, 0.5) is 0 Å². The average Bonchev–Trinajstić information content (AvgIpc) is 2.44. The second kappa shape index (κ2) is 6.91. The molecule has 0 saturated heterocycles. The Kier molecular flexibility index (Phi) is 5.83. The molecular weight excluding hydrogens is 222 g/mol. The Balaban J connectivity index is 2.88. The molecule has 0 radical (unpaired) electrons. The van der Waals surface area contributed by atoms with Crippen LogP contribution in [-0.2, 0) is 5.41 Å². The number of aliphatic hydroxyl groups is 1. The van der Waals surface area contributed by atoms with Crippen molar-refractivity contribution in [1.82, 2.24) is 4.90 Å². The largest absolute Gasteiger partial charge is 0.395 e. The van der Waals surface area contributed by atoms with E-state index in [2.05, 4.69) is 44.7 Å². The summed E-state index contributed by atoms with van der Waals surface area (Å²) in [5.41, 5.74) is 1.04. The van der Waals surface area contributed by atoms with Gasteiger partial charge in [0.1, 0.15) is 0 Å². The quantitative estimate of drug-likeness (QED) is 0.803. The van der Waals surface area contributed by atoms with Gasteiger partial charge in [0.2, 0.25) is 0 Å². The summed E-state index contributed by atoms with van der Waals surface area (Å²) in [5.74, 6) is 0. The lowest BCUT2D eigenvalue weighted by molar-refractivity contribution is 0.121. The smallest absolute Gasteiger partial charge is 0.0537 e. The predicted octanol–water partition coefficient (Wildman–Crippen LogP) is 3.06. The standard InChI is InChI=1S/C16H27NO/c1-5-14(3)17(6-2)12-16(4,13-18)15-10-8-7-9-11-15/h7-11,14,18H,5-6,12-13H2,1-4H3. The molecule has 1 aromatic rings. The molecule has 18 heavy (non-hydrogen) atoms. The molecule has 1 N–H and O–H groups in total. The first-order valence-electron chi connectivity index (χ1n) is 6.97. The molecule has 2 atom stereocenters. The SMILES string of the molecule is CCC(C)N(CC)CC(C)(CO)c1ccccc1. The number of hydrogen-bond donors (Lipinski definition) is 1. The minimum Gasteiger partial charge on any atom is -0.395 e. The fraction of sp³-hybridized carbons (Fsp3) is 0.625. The predicted molar refractivity (Wildman–Crippen MR) is 77.9 cm³/mol. The van der Waals surface area contributed by atoms with Crippen LogP contribution in [0.3, 0.4) is 0 Å². The van der Waals surface area contributed by atoms with Crippen LogP contribution in [0.15, 0.2) is 30.3 Å². The van der Waals surface area contributed by atoms with E-state index in [0.29, 0.717) is 6.04 Å². The van der Waals surface area contributed by atoms with Crippen LogP contribution in [-0.4, -0.2) is 35.7 Å². The Morgan fingerprint density at radius 2 is 1.83 bits per heavy atom. The fourth-order valence-electron chi connectivity index (χ4n) is 2.36. The molecule has 1 aromatic carbocycles. The summed E-state index contributed by atoms with van der Waals surface area (Å²) in [7, 11) is 0. The van der Waals surface area contributed by atoms with Gasteiger partial charge in [-0.2, -0.15) is 0 Å². The second-order valence-electron chi connectivity index (χ2n) is 5.41. The lowest BCUT2D eigenvalue weighted by atomic mass is 9.82. The molecule has 0 aliphatic heterocycles. The molecule has 0 aliphatic carbocycles. The van der Waals surface area contributed by atoms with Crippen LogP contribution >= 0.6 is 0 Å². The van der Waals surface area contributed by atoms with Gasteiger partial charge in [-0.1, -0.05) is 51.1 Å². The molecule has 0 aromatic heterocycles. The third-order valence-electron chi connectivity index (χ3n) is 3.99. The van der Waals surface area contributed by atoms with E-state index in [1.165, 1.54) is 5.56 Å². The third-order valence-corrected chi connectivity index (χ3v) is 3.99. The number of nitrogens with zero attached hydrogens (tertiary/aromatic N) is 1. The zero-order chi connectivity index (χ0) is 13.6. The monoisotopic (exact) mass is 249 g/mol. The number of aliphatic hydroxyl groups excluding tert-OH is 1. The maximum absolute atomic E-state index is 9.81. The van der Waals surface area contributed by atoms with Gasteiger partial charge in [0.15, 0.2) is 0 Å². The van der Waals surface area contributed by atoms with Crippen molar-refractivity contribution in [2.24, 2.45) is 0 Å². The Hall–Kier alpha value is -0.860. The number of hydrogen-bond acceptors (Lipinski definition) is 2. The summed E-state index contributed by atoms with van der Waals surface area (Å²) in [4.78, 5) is 2.45. The average molecular weight is 249 g/mol. The fourth-order valence-corrected chi connectivity index (χ4v) is 2.36. The minimum atomic E-state index is -0.180. The van der Waals surface area contributed by atoms with E-state index in [-0.39, 0.29) is 12.0 Å². The van der Waals surface area contributed by atoms with Crippen LogP contribution in [0.25, 0.3) is 0 Å². The maximum Gasteiger partial charge on any atom is 0.0537 e. The Morgan fingerprint density at radius 1 is 1.22 bits per heavy atom. The van der Waals surface area contributed by atoms with Gasteiger partial charge in [0, 0.05) is 18.0 Å². The second-order valence-corrected chi connectivity index (χ2v) is 5.41. The molecule has 0 bridgehead atoms. The highest BCUT2D eigenvalue weighted by molar-refractivity contribution is 5.25. The zero-order valence-electron chi connectivity index (χ0n) is 12.2. The van der Waals surface area contributed by atoms with E-state index in [1.54, 1.807) is 0 Å². The molecule has 1 rings (SSSR count). The molecular formula is C16H27NO. The van der Waals surface area contributed by atoms with Gasteiger partial charge in [-0.3, -0.25) is 4.90 Å². The molecule has 0 spiro atoms. The normalized spacial score (nSPS) is 16.6. The summed E-state index contributed by atoms with van der Waals surface area (Å²) >= 11 is 0. The summed E-state index contributed by atoms with van der Waals surface area (Å²) in [5, 5.41) is 9.81. The first kappa shape index (κ1) is 15.2. The Labute approximate surface area is 112 Å². The summed E-state index contributed by atoms with van der Waals surface area (Å²) in [6.45, 7) is 10.9. The van der Waals surface area contributed by atoms with Crippen LogP contribution in [0, 0.1) is 0 Å². The molecule has 0 saturated carbocycles. The molecule has 2 heteroatoms. The van der Waals surface area contributed by atoms with E-state index < -0.39 is 0 Å². The van der Waals surface area contributed by atoms with Crippen molar-refractivity contribution in [2.45, 2.75) is 45.6 Å². The van der Waals surface area contributed by atoms with Gasteiger partial charge in [0.25, 0.3) is 0 Å². The molecule has 2 unspecified atom stereocenters. The van der Waals surface area contributed by atoms with Gasteiger partial charge in [-0.25, -0.2) is 0 Å². The Bertz CT molecular complexity index is 338. The van der Waals surface area contributed by atoms with Crippen LogP contribution in [0.2, 0.25) is 0 Å². The molecule has 0 fully saturated rings. The third kappa shape index (κ3) is 3.56. The highest BCUT2D eigenvalue weighted by Gasteiger charge is 2.29. The summed E-state index contributed by atoms with van der Waals surface area (Å²) < 4.78 is 0. The van der Waals surface area contributed by atoms with Crippen LogP contribution < -0.4 is 0 Å². The number of rotatable bonds is 7. The first-order valence-corrected chi connectivity index (χ1v) is 6.97. The number of likely N-dealkylation sites (N-methyl/N-ethyl adjacent to an activating group) is 1. The minimum absolute atomic E-state index is 0.180. The summed E-state index contributed by atoms with van der Waals surface area (Å²) in [6.07, 6.45) is 1.14. The molecule has 0 heterocycles. The van der Waals surface area contributed by atoms with Crippen molar-refractivity contribution in [3.63, 3.8) is 0 Å². The lowest BCUT2D eigenvalue weighted by Gasteiger charge is -2.37. The topological polar surface area (TPSA) is 23.5 Å². The molecule has 102 valence electrons. The van der Waals surface area contributed by atoms with Crippen molar-refractivity contribution in [1.29, 1.82) is 0 Å². The molecule has 0 aliphatic rings. The molecule has 2 nitrogen and oxygen atoms in total. The van der Waals surface area contributed by atoms with Crippen molar-refractivity contribution in [2.75, 3.05) is 19.7 Å². The highest BCUT2D eigenvalue weighted by atomic mass is 16.3. The Morgan fingerprint density at radius 3 is 2.28 bits per heavy atom. The maximum atomic E-state index is 9.81. The lowest BCUT2D eigenvalue weighted by Crippen LogP contribution is -2.45. The zero-order valence-corrected chi connectivity index (χ0v) is 12.2.